The number of aromatic nitrogens is 2. The minimum atomic E-state index is -4.51. The van der Waals surface area contributed by atoms with Gasteiger partial charge in [-0.05, 0) is 20.8 Å². The maximum atomic E-state index is 12.3. The number of rotatable bonds is 5. The van der Waals surface area contributed by atoms with Crippen LogP contribution >= 0.6 is 11.3 Å². The summed E-state index contributed by atoms with van der Waals surface area (Å²) in [4.78, 5) is 13.5. The van der Waals surface area contributed by atoms with E-state index in [1.54, 1.807) is 11.8 Å². The topological polar surface area (TPSA) is 58.1 Å². The zero-order valence-corrected chi connectivity index (χ0v) is 11.6. The fraction of sp³-hybridized carbons (Fsp3) is 0.700. The first-order valence-corrected chi connectivity index (χ1v) is 6.57. The zero-order valence-electron chi connectivity index (χ0n) is 10.8. The molecule has 1 aromatic rings. The van der Waals surface area contributed by atoms with Gasteiger partial charge in [0.25, 0.3) is 0 Å². The van der Waals surface area contributed by atoms with E-state index in [9.17, 15) is 18.0 Å². The number of anilines is 1. The van der Waals surface area contributed by atoms with Crippen LogP contribution in [0.1, 0.15) is 25.8 Å². The summed E-state index contributed by atoms with van der Waals surface area (Å²) in [6, 6.07) is -0.645. The van der Waals surface area contributed by atoms with Gasteiger partial charge in [0.15, 0.2) is 0 Å². The maximum Gasteiger partial charge on any atom is 0.445 e. The van der Waals surface area contributed by atoms with Gasteiger partial charge in [-0.15, -0.1) is 10.2 Å². The van der Waals surface area contributed by atoms with Crippen molar-refractivity contribution in [1.29, 1.82) is 0 Å². The van der Waals surface area contributed by atoms with Crippen molar-refractivity contribution in [1.82, 2.24) is 15.1 Å². The molecular weight excluding hydrogens is 281 g/mol. The van der Waals surface area contributed by atoms with E-state index in [0.29, 0.717) is 24.4 Å². The normalized spacial score (nSPS) is 13.2. The van der Waals surface area contributed by atoms with Gasteiger partial charge in [0.2, 0.25) is 16.0 Å². The molecule has 0 saturated heterocycles. The van der Waals surface area contributed by atoms with Gasteiger partial charge in [-0.25, -0.2) is 0 Å². The molecule has 1 aromatic heterocycles. The Balaban J connectivity index is 2.69. The second-order valence-electron chi connectivity index (χ2n) is 3.79. The standard InChI is InChI=1S/C10H15F3N4OS/c1-4-17(5-2)7(18)6(3)14-9-16-15-8(19-9)10(11,12)13/h6H,4-5H2,1-3H3,(H,14,16). The molecule has 1 rings (SSSR count). The van der Waals surface area contributed by atoms with Gasteiger partial charge in [0.1, 0.15) is 6.04 Å². The van der Waals surface area contributed by atoms with Gasteiger partial charge in [-0.2, -0.15) is 13.2 Å². The number of halogens is 3. The van der Waals surface area contributed by atoms with Crippen LogP contribution in [-0.4, -0.2) is 40.1 Å². The second-order valence-corrected chi connectivity index (χ2v) is 4.76. The molecule has 108 valence electrons. The van der Waals surface area contributed by atoms with Crippen molar-refractivity contribution < 1.29 is 18.0 Å². The monoisotopic (exact) mass is 296 g/mol. The lowest BCUT2D eigenvalue weighted by Crippen LogP contribution is -2.41. The Morgan fingerprint density at radius 1 is 1.37 bits per heavy atom. The molecule has 5 nitrogen and oxygen atoms in total. The average Bonchev–Trinajstić information content (AvgIpc) is 2.78. The van der Waals surface area contributed by atoms with Gasteiger partial charge in [-0.1, -0.05) is 11.3 Å². The van der Waals surface area contributed by atoms with Crippen LogP contribution in [-0.2, 0) is 11.0 Å². The largest absolute Gasteiger partial charge is 0.445 e. The van der Waals surface area contributed by atoms with Crippen molar-refractivity contribution in [2.45, 2.75) is 33.0 Å². The Morgan fingerprint density at radius 2 is 1.95 bits per heavy atom. The minimum absolute atomic E-state index is 0.0136. The lowest BCUT2D eigenvalue weighted by Gasteiger charge is -2.23. The van der Waals surface area contributed by atoms with Crippen molar-refractivity contribution in [3.8, 4) is 0 Å². The number of nitrogens with zero attached hydrogens (tertiary/aromatic N) is 3. The van der Waals surface area contributed by atoms with E-state index < -0.39 is 17.2 Å². The molecule has 0 bridgehead atoms. The molecule has 0 aliphatic rings. The van der Waals surface area contributed by atoms with E-state index in [2.05, 4.69) is 15.5 Å². The van der Waals surface area contributed by atoms with E-state index in [0.717, 1.165) is 0 Å². The van der Waals surface area contributed by atoms with Crippen molar-refractivity contribution in [3.63, 3.8) is 0 Å². The number of carbonyl (C=O) groups is 1. The summed E-state index contributed by atoms with van der Waals surface area (Å²) in [5, 5.41) is 8.02. The smallest absolute Gasteiger partial charge is 0.349 e. The van der Waals surface area contributed by atoms with E-state index in [4.69, 9.17) is 0 Å². The van der Waals surface area contributed by atoms with Crippen LogP contribution in [0.3, 0.4) is 0 Å². The first-order valence-electron chi connectivity index (χ1n) is 5.75. The van der Waals surface area contributed by atoms with Gasteiger partial charge in [-0.3, -0.25) is 4.79 Å². The molecule has 1 atom stereocenters. The van der Waals surface area contributed by atoms with Gasteiger partial charge in [0, 0.05) is 13.1 Å². The summed E-state index contributed by atoms with van der Waals surface area (Å²) in [5.74, 6) is -0.186. The molecule has 1 unspecified atom stereocenters. The van der Waals surface area contributed by atoms with Crippen molar-refractivity contribution in [2.24, 2.45) is 0 Å². The lowest BCUT2D eigenvalue weighted by atomic mass is 10.3. The molecule has 0 radical (unpaired) electrons. The predicted molar refractivity (Wildman–Crippen MR) is 65.9 cm³/mol. The van der Waals surface area contributed by atoms with Crippen molar-refractivity contribution >= 4 is 22.4 Å². The first kappa shape index (κ1) is 15.7. The van der Waals surface area contributed by atoms with Crippen LogP contribution in [0.5, 0.6) is 0 Å². The summed E-state index contributed by atoms with van der Waals surface area (Å²) in [7, 11) is 0. The minimum Gasteiger partial charge on any atom is -0.349 e. The number of carbonyl (C=O) groups excluding carboxylic acids is 1. The van der Waals surface area contributed by atoms with E-state index in [1.807, 2.05) is 13.8 Å². The SMILES string of the molecule is CCN(CC)C(=O)C(C)Nc1nnc(C(F)(F)F)s1. The summed E-state index contributed by atoms with van der Waals surface area (Å²) in [6.45, 7) is 6.34. The third-order valence-electron chi connectivity index (χ3n) is 2.45. The lowest BCUT2D eigenvalue weighted by molar-refractivity contribution is -0.138. The molecule has 0 saturated carbocycles. The van der Waals surface area contributed by atoms with Crippen molar-refractivity contribution in [2.75, 3.05) is 18.4 Å². The second kappa shape index (κ2) is 6.18. The Kier molecular flexibility index (Phi) is 5.10. The van der Waals surface area contributed by atoms with Crippen LogP contribution in [0, 0.1) is 0 Å². The molecule has 0 aliphatic heterocycles. The van der Waals surface area contributed by atoms with Gasteiger partial charge in [0.05, 0.1) is 0 Å². The van der Waals surface area contributed by atoms with Crippen LogP contribution in [0.4, 0.5) is 18.3 Å². The maximum absolute atomic E-state index is 12.3. The molecule has 0 spiro atoms. The fourth-order valence-corrected chi connectivity index (χ4v) is 2.15. The number of hydrogen-bond acceptors (Lipinski definition) is 5. The Labute approximate surface area is 112 Å². The number of alkyl halides is 3. The molecule has 9 heteroatoms. The van der Waals surface area contributed by atoms with Crippen LogP contribution in [0.25, 0.3) is 0 Å². The first-order chi connectivity index (χ1) is 8.79. The van der Waals surface area contributed by atoms with Crippen LogP contribution in [0.2, 0.25) is 0 Å². The quantitative estimate of drug-likeness (QED) is 0.905. The molecular formula is C10H15F3N4OS. The zero-order chi connectivity index (χ0) is 14.6. The highest BCUT2D eigenvalue weighted by Crippen LogP contribution is 2.33. The summed E-state index contributed by atoms with van der Waals surface area (Å²) in [6.07, 6.45) is -4.51. The van der Waals surface area contributed by atoms with Crippen LogP contribution in [0.15, 0.2) is 0 Å². The molecule has 1 N–H and O–H groups in total. The van der Waals surface area contributed by atoms with Gasteiger partial charge < -0.3 is 10.2 Å². The number of nitrogens with one attached hydrogen (secondary N) is 1. The Morgan fingerprint density at radius 3 is 2.37 bits per heavy atom. The fourth-order valence-electron chi connectivity index (χ4n) is 1.45. The highest BCUT2D eigenvalue weighted by molar-refractivity contribution is 7.15. The molecule has 19 heavy (non-hydrogen) atoms. The highest BCUT2D eigenvalue weighted by atomic mass is 32.1. The third-order valence-corrected chi connectivity index (χ3v) is 3.35. The number of amides is 1. The van der Waals surface area contributed by atoms with E-state index >= 15 is 0 Å². The summed E-state index contributed by atoms with van der Waals surface area (Å²) >= 11 is 0.383. The molecule has 0 fully saturated rings. The summed E-state index contributed by atoms with van der Waals surface area (Å²) in [5.41, 5.74) is 0. The molecule has 0 aliphatic carbocycles. The molecule has 0 aromatic carbocycles. The summed E-state index contributed by atoms with van der Waals surface area (Å²) < 4.78 is 37.0. The average molecular weight is 296 g/mol. The van der Waals surface area contributed by atoms with Crippen LogP contribution < -0.4 is 5.32 Å². The predicted octanol–water partition coefficient (Wildman–Crippen LogP) is 2.23. The number of likely N-dealkylation sites (N-methyl/N-ethyl adjacent to an activating group) is 1. The van der Waals surface area contributed by atoms with E-state index in [-0.39, 0.29) is 11.0 Å². The van der Waals surface area contributed by atoms with Gasteiger partial charge >= 0.3 is 6.18 Å². The molecule has 1 amide bonds. The Hall–Kier alpha value is -1.38. The Bertz CT molecular complexity index is 431. The molecule has 1 heterocycles. The number of hydrogen-bond donors (Lipinski definition) is 1. The third kappa shape index (κ3) is 4.05. The van der Waals surface area contributed by atoms with Crippen molar-refractivity contribution in [3.05, 3.63) is 5.01 Å². The highest BCUT2D eigenvalue weighted by Gasteiger charge is 2.36. The van der Waals surface area contributed by atoms with E-state index in [1.165, 1.54) is 0 Å².